The summed E-state index contributed by atoms with van der Waals surface area (Å²) >= 11 is 0. The molecular formula is C20H21FN4O. The van der Waals surface area contributed by atoms with Crippen LogP contribution >= 0.6 is 0 Å². The molecule has 6 heteroatoms. The van der Waals surface area contributed by atoms with E-state index in [4.69, 9.17) is 0 Å². The summed E-state index contributed by atoms with van der Waals surface area (Å²) in [6, 6.07) is 6.18. The van der Waals surface area contributed by atoms with E-state index in [-0.39, 0.29) is 11.7 Å². The van der Waals surface area contributed by atoms with Crippen molar-refractivity contribution in [2.24, 2.45) is 0 Å². The minimum atomic E-state index is -0.363. The second-order valence-corrected chi connectivity index (χ2v) is 6.71. The number of carbonyl (C=O) groups is 1. The summed E-state index contributed by atoms with van der Waals surface area (Å²) in [7, 11) is 0. The molecule has 0 radical (unpaired) electrons. The number of likely N-dealkylation sites (tertiary alicyclic amines) is 1. The molecule has 26 heavy (non-hydrogen) atoms. The Morgan fingerprint density at radius 3 is 2.81 bits per heavy atom. The number of hydrogen-bond donors (Lipinski definition) is 0. The first-order valence-electron chi connectivity index (χ1n) is 9.08. The zero-order valence-electron chi connectivity index (χ0n) is 14.8. The smallest absolute Gasteiger partial charge is 0.254 e. The molecule has 3 aromatic rings. The first-order valence-corrected chi connectivity index (χ1v) is 9.08. The highest BCUT2D eigenvalue weighted by Gasteiger charge is 2.23. The van der Waals surface area contributed by atoms with Crippen LogP contribution in [0.3, 0.4) is 0 Å². The van der Waals surface area contributed by atoms with Crippen molar-refractivity contribution in [3.05, 3.63) is 48.0 Å². The summed E-state index contributed by atoms with van der Waals surface area (Å²) < 4.78 is 15.7. The second-order valence-electron chi connectivity index (χ2n) is 6.71. The lowest BCUT2D eigenvalue weighted by Gasteiger charge is -2.17. The van der Waals surface area contributed by atoms with Crippen LogP contribution in [0.5, 0.6) is 0 Å². The third-order valence-corrected chi connectivity index (χ3v) is 4.78. The third kappa shape index (κ3) is 3.07. The number of carbonyl (C=O) groups excluding carboxylic acids is 1. The van der Waals surface area contributed by atoms with Gasteiger partial charge in [0.05, 0.1) is 23.0 Å². The summed E-state index contributed by atoms with van der Waals surface area (Å²) in [5.74, 6) is -0.416. The fourth-order valence-electron chi connectivity index (χ4n) is 3.46. The van der Waals surface area contributed by atoms with Crippen molar-refractivity contribution in [3.8, 4) is 11.3 Å². The average Bonchev–Trinajstić information content (AvgIpc) is 3.32. The Balaban J connectivity index is 1.84. The highest BCUT2D eigenvalue weighted by molar-refractivity contribution is 6.07. The van der Waals surface area contributed by atoms with Gasteiger partial charge in [0.25, 0.3) is 5.91 Å². The number of amides is 1. The summed E-state index contributed by atoms with van der Waals surface area (Å²) in [6.07, 6.45) is 6.71. The van der Waals surface area contributed by atoms with E-state index in [9.17, 15) is 9.18 Å². The molecule has 5 nitrogen and oxygen atoms in total. The van der Waals surface area contributed by atoms with Gasteiger partial charge in [-0.1, -0.05) is 6.92 Å². The first-order chi connectivity index (χ1) is 12.7. The number of rotatable bonds is 4. The minimum absolute atomic E-state index is 0.0531. The molecule has 1 saturated heterocycles. The molecule has 0 aliphatic carbocycles. The van der Waals surface area contributed by atoms with Crippen LogP contribution in [0.25, 0.3) is 22.2 Å². The maximum absolute atomic E-state index is 13.8. The van der Waals surface area contributed by atoms with E-state index in [1.54, 1.807) is 18.3 Å². The van der Waals surface area contributed by atoms with E-state index < -0.39 is 0 Å². The molecule has 1 amide bonds. The number of pyridine rings is 1. The Morgan fingerprint density at radius 2 is 2.04 bits per heavy atom. The van der Waals surface area contributed by atoms with Crippen molar-refractivity contribution in [1.29, 1.82) is 0 Å². The van der Waals surface area contributed by atoms with Crippen LogP contribution < -0.4 is 0 Å². The zero-order chi connectivity index (χ0) is 18.1. The van der Waals surface area contributed by atoms with E-state index in [2.05, 4.69) is 17.0 Å². The lowest BCUT2D eigenvalue weighted by molar-refractivity contribution is 0.0794. The molecule has 2 aromatic heterocycles. The molecule has 0 spiro atoms. The molecule has 0 bridgehead atoms. The highest BCUT2D eigenvalue weighted by atomic mass is 19.1. The molecule has 0 N–H and O–H groups in total. The molecular weight excluding hydrogens is 331 g/mol. The number of halogens is 1. The Kier molecular flexibility index (Phi) is 4.41. The summed E-state index contributed by atoms with van der Waals surface area (Å²) in [4.78, 5) is 19.5. The molecule has 0 unspecified atom stereocenters. The average molecular weight is 352 g/mol. The molecule has 1 aliphatic heterocycles. The van der Waals surface area contributed by atoms with Gasteiger partial charge in [-0.2, -0.15) is 5.10 Å². The van der Waals surface area contributed by atoms with Gasteiger partial charge in [0.15, 0.2) is 0 Å². The van der Waals surface area contributed by atoms with Crippen LogP contribution in [0.4, 0.5) is 4.39 Å². The van der Waals surface area contributed by atoms with Gasteiger partial charge in [-0.3, -0.25) is 9.48 Å². The van der Waals surface area contributed by atoms with Crippen LogP contribution in [0.1, 0.15) is 36.5 Å². The van der Waals surface area contributed by atoms with Gasteiger partial charge in [0, 0.05) is 36.8 Å². The van der Waals surface area contributed by atoms with E-state index in [0.29, 0.717) is 22.2 Å². The lowest BCUT2D eigenvalue weighted by Crippen LogP contribution is -2.27. The summed E-state index contributed by atoms with van der Waals surface area (Å²) in [5, 5.41) is 4.91. The second kappa shape index (κ2) is 6.86. The predicted molar refractivity (Wildman–Crippen MR) is 98.4 cm³/mol. The lowest BCUT2D eigenvalue weighted by atomic mass is 10.0. The molecule has 1 aromatic carbocycles. The van der Waals surface area contributed by atoms with E-state index in [0.717, 1.165) is 44.5 Å². The Labute approximate surface area is 151 Å². The standard InChI is InChI=1S/C20H21FN4O/c1-2-7-25-13-14(12-22-25)19-11-17(20(26)24-8-3-4-9-24)16-10-15(21)5-6-18(16)23-19/h5-6,10-13H,2-4,7-9H2,1H3. The normalized spacial score (nSPS) is 14.3. The SMILES string of the molecule is CCCn1cc(-c2cc(C(=O)N3CCCC3)c3cc(F)ccc3n2)cn1. The van der Waals surface area contributed by atoms with Gasteiger partial charge in [-0.15, -0.1) is 0 Å². The summed E-state index contributed by atoms with van der Waals surface area (Å²) in [5.41, 5.74) is 2.68. The molecule has 0 atom stereocenters. The fraction of sp³-hybridized carbons (Fsp3) is 0.350. The van der Waals surface area contributed by atoms with Crippen molar-refractivity contribution < 1.29 is 9.18 Å². The molecule has 134 valence electrons. The topological polar surface area (TPSA) is 51.0 Å². The third-order valence-electron chi connectivity index (χ3n) is 4.78. The van der Waals surface area contributed by atoms with Crippen LogP contribution in [0.2, 0.25) is 0 Å². The van der Waals surface area contributed by atoms with E-state index >= 15 is 0 Å². The number of aryl methyl sites for hydroxylation is 1. The predicted octanol–water partition coefficient (Wildman–Crippen LogP) is 3.88. The van der Waals surface area contributed by atoms with Gasteiger partial charge in [-0.25, -0.2) is 9.37 Å². The molecule has 1 fully saturated rings. The van der Waals surface area contributed by atoms with Crippen LogP contribution in [-0.4, -0.2) is 38.7 Å². The number of nitrogens with zero attached hydrogens (tertiary/aromatic N) is 4. The van der Waals surface area contributed by atoms with Gasteiger partial charge < -0.3 is 4.90 Å². The zero-order valence-corrected chi connectivity index (χ0v) is 14.8. The summed E-state index contributed by atoms with van der Waals surface area (Å²) in [6.45, 7) is 4.43. The van der Waals surface area contributed by atoms with Gasteiger partial charge in [0.1, 0.15) is 5.82 Å². The van der Waals surface area contributed by atoms with E-state index in [1.165, 1.54) is 12.1 Å². The number of aromatic nitrogens is 3. The first kappa shape index (κ1) is 16.7. The quantitative estimate of drug-likeness (QED) is 0.716. The Bertz CT molecular complexity index is 960. The van der Waals surface area contributed by atoms with Crippen molar-refractivity contribution in [2.75, 3.05) is 13.1 Å². The Hall–Kier alpha value is -2.76. The fourth-order valence-corrected chi connectivity index (χ4v) is 3.46. The van der Waals surface area contributed by atoms with E-state index in [1.807, 2.05) is 15.8 Å². The maximum Gasteiger partial charge on any atom is 0.254 e. The highest BCUT2D eigenvalue weighted by Crippen LogP contribution is 2.27. The molecule has 1 aliphatic rings. The van der Waals surface area contributed by atoms with Crippen molar-refractivity contribution in [2.45, 2.75) is 32.7 Å². The van der Waals surface area contributed by atoms with Crippen molar-refractivity contribution >= 4 is 16.8 Å². The maximum atomic E-state index is 13.8. The van der Waals surface area contributed by atoms with Crippen molar-refractivity contribution in [1.82, 2.24) is 19.7 Å². The van der Waals surface area contributed by atoms with Crippen molar-refractivity contribution in [3.63, 3.8) is 0 Å². The monoisotopic (exact) mass is 352 g/mol. The number of fused-ring (bicyclic) bond motifs is 1. The van der Waals surface area contributed by atoms with Crippen LogP contribution in [0.15, 0.2) is 36.7 Å². The number of hydrogen-bond acceptors (Lipinski definition) is 3. The Morgan fingerprint density at radius 1 is 1.23 bits per heavy atom. The molecule has 4 rings (SSSR count). The van der Waals surface area contributed by atoms with Gasteiger partial charge in [0.2, 0.25) is 0 Å². The largest absolute Gasteiger partial charge is 0.339 e. The van der Waals surface area contributed by atoms with Crippen LogP contribution in [0, 0.1) is 5.82 Å². The van der Waals surface area contributed by atoms with Gasteiger partial charge >= 0.3 is 0 Å². The number of benzene rings is 1. The van der Waals surface area contributed by atoms with Gasteiger partial charge in [-0.05, 0) is 43.5 Å². The minimum Gasteiger partial charge on any atom is -0.339 e. The molecule has 0 saturated carbocycles. The van der Waals surface area contributed by atoms with Crippen LogP contribution in [-0.2, 0) is 6.54 Å². The molecule has 3 heterocycles.